The van der Waals surface area contributed by atoms with Gasteiger partial charge < -0.3 is 9.67 Å². The molecular weight excluding hydrogens is 310 g/mol. The Morgan fingerprint density at radius 2 is 1.88 bits per heavy atom. The lowest BCUT2D eigenvalue weighted by atomic mass is 10.0. The molecule has 0 bridgehead atoms. The van der Waals surface area contributed by atoms with E-state index >= 15 is 0 Å². The first-order valence-electron chi connectivity index (χ1n) is 9.12. The van der Waals surface area contributed by atoms with Gasteiger partial charge >= 0.3 is 0 Å². The molecule has 1 fully saturated rings. The van der Waals surface area contributed by atoms with Crippen LogP contribution >= 0.6 is 0 Å². The normalized spacial score (nSPS) is 17.0. The Labute approximate surface area is 148 Å². The number of pyridine rings is 1. The molecule has 3 heterocycles. The van der Waals surface area contributed by atoms with E-state index in [1.807, 2.05) is 12.1 Å². The number of aryl methyl sites for hydroxylation is 1. The maximum Gasteiger partial charge on any atom is 0.121 e. The number of aromatic nitrogens is 2. The minimum atomic E-state index is -0.661. The van der Waals surface area contributed by atoms with Gasteiger partial charge in [0.15, 0.2) is 0 Å². The van der Waals surface area contributed by atoms with Crippen molar-refractivity contribution < 1.29 is 5.11 Å². The van der Waals surface area contributed by atoms with E-state index in [1.165, 1.54) is 35.7 Å². The highest BCUT2D eigenvalue weighted by molar-refractivity contribution is 5.85. The molecule has 1 aliphatic heterocycles. The second-order valence-corrected chi connectivity index (χ2v) is 6.97. The number of nitrogens with zero attached hydrogens (tertiary/aromatic N) is 3. The Morgan fingerprint density at radius 1 is 1.08 bits per heavy atom. The first kappa shape index (κ1) is 16.3. The molecule has 1 unspecified atom stereocenters. The number of para-hydroxylation sites is 1. The molecule has 1 atom stereocenters. The van der Waals surface area contributed by atoms with E-state index in [0.29, 0.717) is 0 Å². The van der Waals surface area contributed by atoms with Crippen molar-refractivity contribution in [3.63, 3.8) is 0 Å². The molecule has 3 aromatic rings. The number of aliphatic hydroxyl groups excluding tert-OH is 1. The van der Waals surface area contributed by atoms with Crippen LogP contribution in [0.1, 0.15) is 42.2 Å². The Morgan fingerprint density at radius 3 is 2.64 bits per heavy atom. The lowest BCUT2D eigenvalue weighted by molar-refractivity contribution is 0.199. The molecule has 130 valence electrons. The molecule has 4 rings (SSSR count). The first-order valence-corrected chi connectivity index (χ1v) is 9.12. The zero-order valence-corrected chi connectivity index (χ0v) is 14.7. The summed E-state index contributed by atoms with van der Waals surface area (Å²) in [4.78, 5) is 6.70. The SMILES string of the molecule is Cn1c(C(O)c2cccnc2)c(CN2CCCCC2)c2ccccc21. The molecule has 1 aromatic carbocycles. The van der Waals surface area contributed by atoms with Gasteiger partial charge in [-0.15, -0.1) is 0 Å². The molecule has 1 aliphatic rings. The van der Waals surface area contributed by atoms with Gasteiger partial charge in [0.2, 0.25) is 0 Å². The summed E-state index contributed by atoms with van der Waals surface area (Å²) < 4.78 is 2.15. The second kappa shape index (κ2) is 6.98. The average Bonchev–Trinajstić information content (AvgIpc) is 2.95. The Hall–Kier alpha value is -2.17. The minimum Gasteiger partial charge on any atom is -0.382 e. The number of aliphatic hydroxyl groups is 1. The number of fused-ring (bicyclic) bond motifs is 1. The highest BCUT2D eigenvalue weighted by Crippen LogP contribution is 2.33. The smallest absolute Gasteiger partial charge is 0.121 e. The average molecular weight is 335 g/mol. The van der Waals surface area contributed by atoms with E-state index < -0.39 is 6.10 Å². The monoisotopic (exact) mass is 335 g/mol. The predicted molar refractivity (Wildman–Crippen MR) is 100 cm³/mol. The molecule has 0 radical (unpaired) electrons. The Balaban J connectivity index is 1.81. The molecule has 1 N–H and O–H groups in total. The van der Waals surface area contributed by atoms with Gasteiger partial charge in [0.1, 0.15) is 6.10 Å². The van der Waals surface area contributed by atoms with Crippen LogP contribution in [0.2, 0.25) is 0 Å². The zero-order chi connectivity index (χ0) is 17.2. The fraction of sp³-hybridized carbons (Fsp3) is 0.381. The highest BCUT2D eigenvalue weighted by Gasteiger charge is 2.24. The van der Waals surface area contributed by atoms with E-state index in [0.717, 1.165) is 30.9 Å². The molecule has 0 amide bonds. The number of rotatable bonds is 4. The fourth-order valence-corrected chi connectivity index (χ4v) is 4.04. The molecule has 4 heteroatoms. The maximum atomic E-state index is 11.1. The van der Waals surface area contributed by atoms with E-state index in [-0.39, 0.29) is 0 Å². The fourth-order valence-electron chi connectivity index (χ4n) is 4.04. The highest BCUT2D eigenvalue weighted by atomic mass is 16.3. The Bertz CT molecular complexity index is 850. The van der Waals surface area contributed by atoms with E-state index in [9.17, 15) is 5.11 Å². The summed E-state index contributed by atoms with van der Waals surface area (Å²) in [7, 11) is 2.05. The van der Waals surface area contributed by atoms with Gasteiger partial charge in [-0.1, -0.05) is 30.7 Å². The second-order valence-electron chi connectivity index (χ2n) is 6.97. The van der Waals surface area contributed by atoms with E-state index in [1.54, 1.807) is 12.4 Å². The predicted octanol–water partition coefficient (Wildman–Crippen LogP) is 3.64. The van der Waals surface area contributed by atoms with Crippen molar-refractivity contribution >= 4 is 10.9 Å². The number of benzene rings is 1. The van der Waals surface area contributed by atoms with Gasteiger partial charge in [-0.05, 0) is 43.6 Å². The quantitative estimate of drug-likeness (QED) is 0.791. The summed E-state index contributed by atoms with van der Waals surface area (Å²) >= 11 is 0. The minimum absolute atomic E-state index is 0.661. The van der Waals surface area contributed by atoms with Crippen LogP contribution in [0, 0.1) is 0 Å². The molecule has 0 saturated carbocycles. The van der Waals surface area contributed by atoms with Gasteiger partial charge in [-0.25, -0.2) is 0 Å². The van der Waals surface area contributed by atoms with Crippen LogP contribution in [0.3, 0.4) is 0 Å². The molecule has 4 nitrogen and oxygen atoms in total. The molecule has 0 aliphatic carbocycles. The van der Waals surface area contributed by atoms with Gasteiger partial charge in [-0.3, -0.25) is 9.88 Å². The van der Waals surface area contributed by atoms with Gasteiger partial charge in [0.05, 0.1) is 5.69 Å². The standard InChI is InChI=1S/C21H25N3O/c1-23-19-10-4-3-9-17(19)18(15-24-12-5-2-6-13-24)20(23)21(25)16-8-7-11-22-14-16/h3-4,7-11,14,21,25H,2,5-6,12-13,15H2,1H3. The lowest BCUT2D eigenvalue weighted by Crippen LogP contribution is -2.29. The number of hydrogen-bond acceptors (Lipinski definition) is 3. The Kier molecular flexibility index (Phi) is 4.55. The number of hydrogen-bond donors (Lipinski definition) is 1. The molecule has 25 heavy (non-hydrogen) atoms. The van der Waals surface area contributed by atoms with Crippen molar-refractivity contribution in [1.29, 1.82) is 0 Å². The summed E-state index contributed by atoms with van der Waals surface area (Å²) in [5.74, 6) is 0. The summed E-state index contributed by atoms with van der Waals surface area (Å²) in [5.41, 5.74) is 4.25. The number of likely N-dealkylation sites (tertiary alicyclic amines) is 1. The van der Waals surface area contributed by atoms with Crippen molar-refractivity contribution in [1.82, 2.24) is 14.5 Å². The van der Waals surface area contributed by atoms with Crippen LogP contribution in [-0.2, 0) is 13.6 Å². The van der Waals surface area contributed by atoms with Crippen molar-refractivity contribution in [3.05, 3.63) is 65.6 Å². The lowest BCUT2D eigenvalue weighted by Gasteiger charge is -2.27. The zero-order valence-electron chi connectivity index (χ0n) is 14.7. The van der Waals surface area contributed by atoms with Gasteiger partial charge in [0.25, 0.3) is 0 Å². The van der Waals surface area contributed by atoms with Gasteiger partial charge in [0, 0.05) is 42.5 Å². The maximum absolute atomic E-state index is 11.1. The summed E-state index contributed by atoms with van der Waals surface area (Å²) in [5, 5.41) is 12.3. The molecule has 0 spiro atoms. The van der Waals surface area contributed by atoms with E-state index in [4.69, 9.17) is 0 Å². The topological polar surface area (TPSA) is 41.3 Å². The van der Waals surface area contributed by atoms with Crippen molar-refractivity contribution in [2.24, 2.45) is 7.05 Å². The third-order valence-corrected chi connectivity index (χ3v) is 5.35. The van der Waals surface area contributed by atoms with Crippen molar-refractivity contribution in [2.75, 3.05) is 13.1 Å². The van der Waals surface area contributed by atoms with Crippen LogP contribution in [-0.4, -0.2) is 32.6 Å². The van der Waals surface area contributed by atoms with Crippen LogP contribution in [0.4, 0.5) is 0 Å². The van der Waals surface area contributed by atoms with Crippen LogP contribution < -0.4 is 0 Å². The van der Waals surface area contributed by atoms with Crippen molar-refractivity contribution in [3.8, 4) is 0 Å². The third-order valence-electron chi connectivity index (χ3n) is 5.35. The third kappa shape index (κ3) is 3.08. The largest absolute Gasteiger partial charge is 0.382 e. The number of piperidine rings is 1. The molecule has 1 saturated heterocycles. The van der Waals surface area contributed by atoms with Crippen molar-refractivity contribution in [2.45, 2.75) is 31.9 Å². The van der Waals surface area contributed by atoms with Crippen LogP contribution in [0.15, 0.2) is 48.8 Å². The summed E-state index contributed by atoms with van der Waals surface area (Å²) in [6.07, 6.45) is 6.71. The molecular formula is C21H25N3O. The summed E-state index contributed by atoms with van der Waals surface area (Å²) in [6.45, 7) is 3.19. The first-order chi connectivity index (χ1) is 12.3. The van der Waals surface area contributed by atoms with Crippen LogP contribution in [0.5, 0.6) is 0 Å². The van der Waals surface area contributed by atoms with Crippen LogP contribution in [0.25, 0.3) is 10.9 Å². The molecule has 2 aromatic heterocycles. The van der Waals surface area contributed by atoms with Gasteiger partial charge in [-0.2, -0.15) is 0 Å². The van der Waals surface area contributed by atoms with E-state index in [2.05, 4.69) is 45.8 Å². The summed E-state index contributed by atoms with van der Waals surface area (Å²) in [6, 6.07) is 12.3.